The van der Waals surface area contributed by atoms with Crippen molar-refractivity contribution in [2.24, 2.45) is 11.8 Å². The Bertz CT molecular complexity index is 502. The van der Waals surface area contributed by atoms with E-state index >= 15 is 0 Å². The van der Waals surface area contributed by atoms with Gasteiger partial charge in [-0.25, -0.2) is 0 Å². The Balaban J connectivity index is 2.99. The summed E-state index contributed by atoms with van der Waals surface area (Å²) >= 11 is -2.07. The number of hydrogen-bond donors (Lipinski definition) is 1. The fourth-order valence-electron chi connectivity index (χ4n) is 2.67. The second-order valence-electron chi connectivity index (χ2n) is 8.24. The number of ether oxygens (including phenoxy) is 2. The standard InChI is InChI=1S/C16H25O4.3CH3.Sn/c1-5-6-7-13-8-9-14(20-11-12(2)3)10-16(13,18)15(17)19-4;;;;/h6,10,12-13,18H,7-9,11H2,1-4H3;3*1H3;. The van der Waals surface area contributed by atoms with Gasteiger partial charge in [-0.05, 0) is 0 Å². The summed E-state index contributed by atoms with van der Waals surface area (Å²) in [5.74, 6) is 0.339. The Kier molecular flexibility index (Phi) is 7.85. The molecule has 138 valence electrons. The predicted octanol–water partition coefficient (Wildman–Crippen LogP) is 4.07. The zero-order chi connectivity index (χ0) is 18.5. The zero-order valence-electron chi connectivity index (χ0n) is 16.3. The number of esters is 1. The second kappa shape index (κ2) is 8.74. The van der Waals surface area contributed by atoms with Gasteiger partial charge < -0.3 is 0 Å². The molecule has 0 spiro atoms. The normalized spacial score (nSPS) is 25.5. The van der Waals surface area contributed by atoms with Gasteiger partial charge in [0.15, 0.2) is 0 Å². The molecule has 0 saturated heterocycles. The summed E-state index contributed by atoms with van der Waals surface area (Å²) in [5, 5.41) is 11.0. The quantitative estimate of drug-likeness (QED) is 0.475. The van der Waals surface area contributed by atoms with E-state index in [1.165, 1.54) is 10.7 Å². The molecule has 1 aliphatic carbocycles. The van der Waals surface area contributed by atoms with Crippen molar-refractivity contribution in [3.63, 3.8) is 0 Å². The molecule has 0 fully saturated rings. The van der Waals surface area contributed by atoms with Crippen LogP contribution in [0.15, 0.2) is 21.5 Å². The van der Waals surface area contributed by atoms with Gasteiger partial charge in [0.25, 0.3) is 0 Å². The summed E-state index contributed by atoms with van der Waals surface area (Å²) in [4.78, 5) is 19.3. The van der Waals surface area contributed by atoms with Crippen LogP contribution in [0, 0.1) is 11.8 Å². The Labute approximate surface area is 151 Å². The average molecular weight is 445 g/mol. The number of hydrogen-bond acceptors (Lipinski definition) is 4. The molecule has 4 nitrogen and oxygen atoms in total. The van der Waals surface area contributed by atoms with E-state index in [9.17, 15) is 9.90 Å². The van der Waals surface area contributed by atoms with Crippen LogP contribution in [0.5, 0.6) is 0 Å². The third-order valence-electron chi connectivity index (χ3n) is 4.75. The fourth-order valence-corrected chi connectivity index (χ4v) is 4.76. The summed E-state index contributed by atoms with van der Waals surface area (Å²) in [5.41, 5.74) is -1.59. The van der Waals surface area contributed by atoms with E-state index in [4.69, 9.17) is 9.47 Å². The van der Waals surface area contributed by atoms with Gasteiger partial charge in [0.1, 0.15) is 0 Å². The van der Waals surface area contributed by atoms with Gasteiger partial charge in [-0.2, -0.15) is 0 Å². The summed E-state index contributed by atoms with van der Waals surface area (Å²) < 4.78 is 12.1. The van der Waals surface area contributed by atoms with Gasteiger partial charge in [-0.3, -0.25) is 0 Å². The van der Waals surface area contributed by atoms with Crippen molar-refractivity contribution in [1.29, 1.82) is 0 Å². The predicted molar refractivity (Wildman–Crippen MR) is 100 cm³/mol. The number of rotatable bonds is 7. The first-order chi connectivity index (χ1) is 11.0. The first kappa shape index (κ1) is 21.6. The number of methoxy groups -OCH3 is 1. The molecule has 0 aliphatic heterocycles. The number of allylic oxidation sites excluding steroid dienone is 3. The molecule has 0 amide bonds. The molecule has 1 rings (SSSR count). The van der Waals surface area contributed by atoms with Crippen LogP contribution in [-0.4, -0.2) is 48.8 Å². The van der Waals surface area contributed by atoms with Crippen LogP contribution >= 0.6 is 0 Å². The molecular weight excluding hydrogens is 411 g/mol. The van der Waals surface area contributed by atoms with Crippen LogP contribution in [0.3, 0.4) is 0 Å². The first-order valence-corrected chi connectivity index (χ1v) is 18.8. The van der Waals surface area contributed by atoms with Crippen molar-refractivity contribution in [1.82, 2.24) is 0 Å². The van der Waals surface area contributed by atoms with Crippen molar-refractivity contribution < 1.29 is 19.4 Å². The van der Waals surface area contributed by atoms with Gasteiger partial charge in [-0.15, -0.1) is 0 Å². The minimum atomic E-state index is -2.07. The Morgan fingerprint density at radius 1 is 1.46 bits per heavy atom. The van der Waals surface area contributed by atoms with Gasteiger partial charge in [0.05, 0.1) is 0 Å². The van der Waals surface area contributed by atoms with E-state index in [0.717, 1.165) is 12.8 Å². The van der Waals surface area contributed by atoms with Crippen molar-refractivity contribution in [2.45, 2.75) is 60.5 Å². The van der Waals surface area contributed by atoms with E-state index in [1.807, 2.05) is 0 Å². The molecule has 2 atom stereocenters. The third-order valence-corrected chi connectivity index (χ3v) is 12.1. The molecule has 0 aromatic carbocycles. The van der Waals surface area contributed by atoms with Crippen LogP contribution in [0.1, 0.15) is 40.0 Å². The summed E-state index contributed by atoms with van der Waals surface area (Å²) in [6, 6.07) is 0. The molecule has 0 radical (unpaired) electrons. The number of carbonyl (C=O) groups excluding carboxylic acids is 1. The van der Waals surface area contributed by atoms with Crippen molar-refractivity contribution >= 4 is 24.3 Å². The number of carbonyl (C=O) groups is 1. The Hall–Kier alpha value is -0.491. The molecule has 0 aromatic rings. The van der Waals surface area contributed by atoms with Crippen LogP contribution < -0.4 is 0 Å². The molecule has 1 N–H and O–H groups in total. The van der Waals surface area contributed by atoms with Crippen LogP contribution in [0.4, 0.5) is 0 Å². The van der Waals surface area contributed by atoms with E-state index in [0.29, 0.717) is 24.7 Å². The molecule has 0 bridgehead atoms. The molecular formula is C19H34O4Sn. The minimum absolute atomic E-state index is 0.167. The Morgan fingerprint density at radius 3 is 2.58 bits per heavy atom. The van der Waals surface area contributed by atoms with Gasteiger partial charge in [-0.1, -0.05) is 0 Å². The van der Waals surface area contributed by atoms with Crippen molar-refractivity contribution in [3.8, 4) is 0 Å². The molecule has 5 heteroatoms. The van der Waals surface area contributed by atoms with Gasteiger partial charge >= 0.3 is 151 Å². The molecule has 2 unspecified atom stereocenters. The molecule has 0 saturated carbocycles. The summed E-state index contributed by atoms with van der Waals surface area (Å²) in [7, 11) is 1.32. The summed E-state index contributed by atoms with van der Waals surface area (Å²) in [6.07, 6.45) is 5.97. The topological polar surface area (TPSA) is 55.8 Å². The van der Waals surface area contributed by atoms with E-state index in [-0.39, 0.29) is 5.92 Å². The molecule has 24 heavy (non-hydrogen) atoms. The van der Waals surface area contributed by atoms with Crippen LogP contribution in [-0.2, 0) is 14.3 Å². The second-order valence-corrected chi connectivity index (χ2v) is 23.3. The first-order valence-electron chi connectivity index (χ1n) is 8.83. The third kappa shape index (κ3) is 5.80. The van der Waals surface area contributed by atoms with Crippen molar-refractivity contribution in [3.05, 3.63) is 21.5 Å². The number of aliphatic hydroxyl groups is 1. The van der Waals surface area contributed by atoms with Crippen molar-refractivity contribution in [2.75, 3.05) is 13.7 Å². The SMILES string of the molecule is COC(=O)C1(O)C=C(OCC(C)C)CCC1C/C=[C](/C)[Sn]([CH3])([CH3])[CH3]. The summed E-state index contributed by atoms with van der Waals surface area (Å²) in [6.45, 7) is 6.92. The molecule has 0 aromatic heterocycles. The fraction of sp³-hybridized carbons (Fsp3) is 0.737. The monoisotopic (exact) mass is 446 g/mol. The maximum absolute atomic E-state index is 12.2. The molecule has 1 aliphatic rings. The maximum atomic E-state index is 12.2. The van der Waals surface area contributed by atoms with Crippen LogP contribution in [0.25, 0.3) is 0 Å². The van der Waals surface area contributed by atoms with E-state index in [1.54, 1.807) is 6.08 Å². The van der Waals surface area contributed by atoms with Crippen LogP contribution in [0.2, 0.25) is 14.8 Å². The van der Waals surface area contributed by atoms with Gasteiger partial charge in [0, 0.05) is 0 Å². The van der Waals surface area contributed by atoms with E-state index < -0.39 is 29.9 Å². The molecule has 0 heterocycles. The van der Waals surface area contributed by atoms with Gasteiger partial charge in [0.2, 0.25) is 0 Å². The Morgan fingerprint density at radius 2 is 2.08 bits per heavy atom. The van der Waals surface area contributed by atoms with E-state index in [2.05, 4.69) is 41.7 Å². The zero-order valence-corrected chi connectivity index (χ0v) is 19.2. The average Bonchev–Trinajstić information content (AvgIpc) is 2.49.